The van der Waals surface area contributed by atoms with E-state index in [-0.39, 0.29) is 33.8 Å². The Morgan fingerprint density at radius 3 is 1.79 bits per heavy atom. The SMILES string of the molecule is Cc1cc2c3c(c1)N(c1ccccc1C)c1c(oc4ccc(C(C)(C)C)cc14)B3c1cc3c(cc1N2c1ccc2c(c1)C(C)(C)CCC2(C)C)C(C)(C)CCC3(C)C. The summed E-state index contributed by atoms with van der Waals surface area (Å²) in [7, 11) is 0. The van der Waals surface area contributed by atoms with Crippen molar-refractivity contribution < 1.29 is 4.42 Å². The maximum atomic E-state index is 7.33. The maximum absolute atomic E-state index is 7.33. The number of nitrogens with zero attached hydrogens (tertiary/aromatic N) is 2. The molecule has 2 aliphatic carbocycles. The molecule has 0 saturated carbocycles. The second-order valence-electron chi connectivity index (χ2n) is 22.1. The lowest BCUT2D eigenvalue weighted by molar-refractivity contribution is 0.332. The van der Waals surface area contributed by atoms with Crippen LogP contribution in [-0.4, -0.2) is 6.71 Å². The lowest BCUT2D eigenvalue weighted by Gasteiger charge is -2.47. The van der Waals surface area contributed by atoms with Crippen molar-refractivity contribution in [1.29, 1.82) is 0 Å². The Kier molecular flexibility index (Phi) is 7.74. The van der Waals surface area contributed by atoms with Crippen molar-refractivity contribution in [1.82, 2.24) is 0 Å². The van der Waals surface area contributed by atoms with Crippen LogP contribution in [0.3, 0.4) is 0 Å². The Morgan fingerprint density at radius 2 is 1.16 bits per heavy atom. The minimum Gasteiger partial charge on any atom is -0.468 e. The van der Waals surface area contributed by atoms with Crippen molar-refractivity contribution >= 4 is 68.4 Å². The zero-order valence-corrected chi connectivity index (χ0v) is 37.3. The molecule has 2 aliphatic heterocycles. The monoisotopic (exact) mass is 764 g/mol. The number of fused-ring (bicyclic) bond motifs is 8. The molecule has 4 heteroatoms. The van der Waals surface area contributed by atoms with E-state index in [0.717, 1.165) is 11.2 Å². The molecule has 0 N–H and O–H groups in total. The quantitative estimate of drug-likeness (QED) is 0.163. The first-order valence-electron chi connectivity index (χ1n) is 21.9. The van der Waals surface area contributed by atoms with Gasteiger partial charge in [-0.3, -0.25) is 0 Å². The van der Waals surface area contributed by atoms with E-state index in [1.54, 1.807) is 0 Å². The molecule has 0 saturated heterocycles. The van der Waals surface area contributed by atoms with Crippen LogP contribution in [-0.2, 0) is 27.1 Å². The van der Waals surface area contributed by atoms with Crippen molar-refractivity contribution in [2.45, 2.75) is 143 Å². The molecule has 0 spiro atoms. The van der Waals surface area contributed by atoms with Gasteiger partial charge in [0.05, 0.1) is 11.3 Å². The van der Waals surface area contributed by atoms with Gasteiger partial charge in [-0.1, -0.05) is 113 Å². The van der Waals surface area contributed by atoms with Crippen LogP contribution < -0.4 is 26.4 Å². The van der Waals surface area contributed by atoms with Crippen molar-refractivity contribution in [3.8, 4) is 0 Å². The Morgan fingerprint density at radius 1 is 0.569 bits per heavy atom. The fraction of sp³-hybridized carbons (Fsp3) is 0.407. The molecule has 1 aromatic heterocycles. The van der Waals surface area contributed by atoms with E-state index in [4.69, 9.17) is 4.42 Å². The third kappa shape index (κ3) is 5.31. The topological polar surface area (TPSA) is 19.6 Å². The van der Waals surface area contributed by atoms with E-state index in [9.17, 15) is 0 Å². The second-order valence-corrected chi connectivity index (χ2v) is 22.1. The number of para-hydroxylation sites is 1. The first-order valence-corrected chi connectivity index (χ1v) is 21.9. The average Bonchev–Trinajstić information content (AvgIpc) is 3.53. The Labute approximate surface area is 347 Å². The summed E-state index contributed by atoms with van der Waals surface area (Å²) in [4.78, 5) is 5.20. The second kappa shape index (κ2) is 12.0. The summed E-state index contributed by atoms with van der Waals surface area (Å²) >= 11 is 0. The highest BCUT2D eigenvalue weighted by Crippen LogP contribution is 2.53. The fourth-order valence-electron chi connectivity index (χ4n) is 11.2. The normalized spacial score (nSPS) is 19.3. The van der Waals surface area contributed by atoms with Gasteiger partial charge in [-0.15, -0.1) is 0 Å². The summed E-state index contributed by atoms with van der Waals surface area (Å²) in [6.07, 6.45) is 4.73. The van der Waals surface area contributed by atoms with Gasteiger partial charge in [-0.2, -0.15) is 0 Å². The van der Waals surface area contributed by atoms with Crippen molar-refractivity contribution in [2.75, 3.05) is 9.80 Å². The highest BCUT2D eigenvalue weighted by Gasteiger charge is 2.49. The van der Waals surface area contributed by atoms with Crippen LogP contribution >= 0.6 is 0 Å². The standard InChI is InChI=1S/C54H61BN2O/c1-32-26-44-47-45(27-32)57(42-17-15-14-16-33(42)2)48-36-28-34(50(3,4)5)18-21-46(36)58-49(48)55(47)41-30-39-40(54(12,13)25-24-53(39,10)11)31-43(41)56(44)35-19-20-37-38(29-35)52(8,9)23-22-51(37,6)7/h14-21,26-31H,22-25H2,1-13H3. The molecule has 4 aliphatic rings. The molecule has 0 amide bonds. The molecule has 0 fully saturated rings. The number of rotatable bonds is 2. The van der Waals surface area contributed by atoms with Crippen molar-refractivity contribution in [3.63, 3.8) is 0 Å². The zero-order chi connectivity index (χ0) is 41.1. The van der Waals surface area contributed by atoms with Crippen LogP contribution in [0.5, 0.6) is 0 Å². The summed E-state index contributed by atoms with van der Waals surface area (Å²) in [6.45, 7) is 31.0. The van der Waals surface area contributed by atoms with Gasteiger partial charge < -0.3 is 14.2 Å². The summed E-state index contributed by atoms with van der Waals surface area (Å²) in [5.41, 5.74) is 22.2. The summed E-state index contributed by atoms with van der Waals surface area (Å²) in [6, 6.07) is 33.4. The number of hydrogen-bond acceptors (Lipinski definition) is 3. The minimum atomic E-state index is -0.0725. The maximum Gasteiger partial charge on any atom is 0.297 e. The van der Waals surface area contributed by atoms with Gasteiger partial charge in [-0.25, -0.2) is 0 Å². The first kappa shape index (κ1) is 37.6. The number of anilines is 6. The molecule has 3 nitrogen and oxygen atoms in total. The molecule has 0 radical (unpaired) electrons. The zero-order valence-electron chi connectivity index (χ0n) is 37.3. The van der Waals surface area contributed by atoms with Crippen molar-refractivity contribution in [2.24, 2.45) is 0 Å². The van der Waals surface area contributed by atoms with E-state index < -0.39 is 0 Å². The number of aryl methyl sites for hydroxylation is 2. The largest absolute Gasteiger partial charge is 0.468 e. The third-order valence-electron chi connectivity index (χ3n) is 15.1. The summed E-state index contributed by atoms with van der Waals surface area (Å²) < 4.78 is 7.33. The Bertz CT molecular complexity index is 2720. The minimum absolute atomic E-state index is 0.00376. The molecule has 6 aromatic rings. The summed E-state index contributed by atoms with van der Waals surface area (Å²) in [5, 5.41) is 1.18. The van der Waals surface area contributed by atoms with Crippen molar-refractivity contribution in [3.05, 3.63) is 124 Å². The van der Waals surface area contributed by atoms with Crippen LogP contribution in [0.1, 0.15) is 141 Å². The van der Waals surface area contributed by atoms with E-state index in [1.165, 1.54) is 115 Å². The van der Waals surface area contributed by atoms with Crippen LogP contribution in [0.15, 0.2) is 89.3 Å². The van der Waals surface area contributed by atoms with Crippen LogP contribution in [0.4, 0.5) is 34.1 Å². The number of furan rings is 1. The average molecular weight is 765 g/mol. The third-order valence-corrected chi connectivity index (χ3v) is 15.1. The van der Waals surface area contributed by atoms with E-state index >= 15 is 0 Å². The molecule has 5 aromatic carbocycles. The predicted molar refractivity (Wildman–Crippen MR) is 249 cm³/mol. The van der Waals surface area contributed by atoms with Gasteiger partial charge in [-0.05, 0) is 165 Å². The highest BCUT2D eigenvalue weighted by molar-refractivity contribution is 7.00. The van der Waals surface area contributed by atoms with E-state index in [0.29, 0.717) is 0 Å². The summed E-state index contributed by atoms with van der Waals surface area (Å²) in [5.74, 6) is 0. The number of hydrogen-bond donors (Lipinski definition) is 0. The molecule has 0 unspecified atom stereocenters. The smallest absolute Gasteiger partial charge is 0.297 e. The molecule has 296 valence electrons. The van der Waals surface area contributed by atoms with Gasteiger partial charge in [0.1, 0.15) is 5.58 Å². The number of benzene rings is 5. The van der Waals surface area contributed by atoms with Gasteiger partial charge in [0.25, 0.3) is 6.71 Å². The van der Waals surface area contributed by atoms with E-state index in [1.807, 2.05) is 0 Å². The molecule has 10 rings (SSSR count). The fourth-order valence-corrected chi connectivity index (χ4v) is 11.2. The van der Waals surface area contributed by atoms with Crippen LogP contribution in [0.2, 0.25) is 0 Å². The molecule has 0 bridgehead atoms. The van der Waals surface area contributed by atoms with Crippen LogP contribution in [0, 0.1) is 13.8 Å². The molecular formula is C54H61BN2O. The Hall–Kier alpha value is -4.70. The Balaban J connectivity index is 1.35. The van der Waals surface area contributed by atoms with Crippen LogP contribution in [0.25, 0.3) is 11.0 Å². The van der Waals surface area contributed by atoms with E-state index in [2.05, 4.69) is 185 Å². The van der Waals surface area contributed by atoms with Gasteiger partial charge in [0.15, 0.2) is 0 Å². The van der Waals surface area contributed by atoms with Gasteiger partial charge in [0, 0.05) is 33.8 Å². The predicted octanol–water partition coefficient (Wildman–Crippen LogP) is 13.1. The van der Waals surface area contributed by atoms with Gasteiger partial charge >= 0.3 is 0 Å². The first-order chi connectivity index (χ1) is 27.2. The highest BCUT2D eigenvalue weighted by atomic mass is 16.3. The lowest BCUT2D eigenvalue weighted by atomic mass is 9.35. The molecule has 3 heterocycles. The lowest BCUT2D eigenvalue weighted by Crippen LogP contribution is -2.61. The molecule has 58 heavy (non-hydrogen) atoms. The molecular weight excluding hydrogens is 703 g/mol. The van der Waals surface area contributed by atoms with Gasteiger partial charge in [0.2, 0.25) is 0 Å². The molecule has 0 atom stereocenters.